The largest absolute Gasteiger partial charge is 0.481 e. The highest BCUT2D eigenvalue weighted by molar-refractivity contribution is 5.69. The summed E-state index contributed by atoms with van der Waals surface area (Å²) < 4.78 is 4.92. The van der Waals surface area contributed by atoms with Crippen LogP contribution in [-0.4, -0.2) is 23.1 Å². The topological polar surface area (TPSA) is 63.6 Å². The Morgan fingerprint density at radius 3 is 2.40 bits per heavy atom. The molecule has 0 aromatic heterocycles. The lowest BCUT2D eigenvalue weighted by molar-refractivity contribution is -0.151. The summed E-state index contributed by atoms with van der Waals surface area (Å²) in [5.41, 5.74) is 0. The van der Waals surface area contributed by atoms with Crippen LogP contribution in [0.15, 0.2) is 0 Å². The van der Waals surface area contributed by atoms with Crippen molar-refractivity contribution in [2.45, 2.75) is 58.5 Å². The lowest BCUT2D eigenvalue weighted by Gasteiger charge is -2.14. The van der Waals surface area contributed by atoms with E-state index in [0.29, 0.717) is 6.42 Å². The van der Waals surface area contributed by atoms with Crippen molar-refractivity contribution in [3.8, 4) is 0 Å². The van der Waals surface area contributed by atoms with Crippen LogP contribution in [0.2, 0.25) is 0 Å². The van der Waals surface area contributed by atoms with E-state index in [1.165, 1.54) is 6.92 Å². The van der Waals surface area contributed by atoms with Gasteiger partial charge in [-0.2, -0.15) is 0 Å². The number of carbonyl (C=O) groups is 2. The fraction of sp³-hybridized carbons (Fsp3) is 0.818. The maximum atomic E-state index is 10.7. The number of unbranched alkanes of at least 4 members (excludes halogenated alkanes) is 3. The molecule has 0 aromatic carbocycles. The Hall–Kier alpha value is -1.06. The van der Waals surface area contributed by atoms with Crippen molar-refractivity contribution in [1.29, 1.82) is 0 Å². The monoisotopic (exact) mass is 216 g/mol. The Morgan fingerprint density at radius 1 is 1.27 bits per heavy atom. The van der Waals surface area contributed by atoms with Crippen molar-refractivity contribution in [2.24, 2.45) is 0 Å². The van der Waals surface area contributed by atoms with Crippen LogP contribution in [-0.2, 0) is 14.3 Å². The highest BCUT2D eigenvalue weighted by atomic mass is 16.5. The summed E-state index contributed by atoms with van der Waals surface area (Å²) in [5.74, 6) is -1.33. The fourth-order valence-electron chi connectivity index (χ4n) is 1.43. The average molecular weight is 216 g/mol. The molecule has 0 saturated heterocycles. The zero-order valence-corrected chi connectivity index (χ0v) is 9.49. The number of hydrogen-bond acceptors (Lipinski definition) is 3. The molecule has 0 heterocycles. The summed E-state index contributed by atoms with van der Waals surface area (Å²) in [6, 6.07) is 0. The number of hydrogen-bond donors (Lipinski definition) is 1. The Bertz CT molecular complexity index is 185. The van der Waals surface area contributed by atoms with E-state index in [9.17, 15) is 9.59 Å². The van der Waals surface area contributed by atoms with E-state index in [0.717, 1.165) is 25.7 Å². The molecule has 0 spiro atoms. The fourth-order valence-corrected chi connectivity index (χ4v) is 1.43. The van der Waals surface area contributed by atoms with Gasteiger partial charge in [-0.3, -0.25) is 9.59 Å². The highest BCUT2D eigenvalue weighted by Gasteiger charge is 2.15. The van der Waals surface area contributed by atoms with Gasteiger partial charge in [0.1, 0.15) is 6.10 Å². The average Bonchev–Trinajstić information content (AvgIpc) is 2.10. The van der Waals surface area contributed by atoms with Gasteiger partial charge >= 0.3 is 11.9 Å². The molecular formula is C11H20O4. The first-order chi connectivity index (χ1) is 7.06. The lowest BCUT2D eigenvalue weighted by Crippen LogP contribution is -2.20. The number of ether oxygens (including phenoxy) is 1. The molecule has 0 amide bonds. The van der Waals surface area contributed by atoms with E-state index in [1.54, 1.807) is 0 Å². The second-order valence-electron chi connectivity index (χ2n) is 3.68. The highest BCUT2D eigenvalue weighted by Crippen LogP contribution is 2.11. The Balaban J connectivity index is 3.79. The molecule has 1 unspecified atom stereocenters. The summed E-state index contributed by atoms with van der Waals surface area (Å²) >= 11 is 0. The predicted octanol–water partition coefficient (Wildman–Crippen LogP) is 2.36. The van der Waals surface area contributed by atoms with E-state index < -0.39 is 18.0 Å². The smallest absolute Gasteiger partial charge is 0.307 e. The molecule has 15 heavy (non-hydrogen) atoms. The van der Waals surface area contributed by atoms with Crippen LogP contribution in [0.4, 0.5) is 0 Å². The minimum atomic E-state index is -0.920. The van der Waals surface area contributed by atoms with Gasteiger partial charge in [-0.15, -0.1) is 0 Å². The molecule has 0 aromatic rings. The standard InChI is InChI=1S/C11H20O4/c1-3-4-5-6-7-10(8-11(13)14)15-9(2)12/h10H,3-8H2,1-2H3,(H,13,14). The molecule has 4 nitrogen and oxygen atoms in total. The third-order valence-electron chi connectivity index (χ3n) is 2.11. The third kappa shape index (κ3) is 9.25. The molecule has 1 atom stereocenters. The maximum absolute atomic E-state index is 10.7. The Morgan fingerprint density at radius 2 is 1.93 bits per heavy atom. The predicted molar refractivity (Wildman–Crippen MR) is 56.6 cm³/mol. The maximum Gasteiger partial charge on any atom is 0.307 e. The van der Waals surface area contributed by atoms with Crippen LogP contribution in [0.5, 0.6) is 0 Å². The number of esters is 1. The van der Waals surface area contributed by atoms with Gasteiger partial charge in [0.15, 0.2) is 0 Å². The quantitative estimate of drug-likeness (QED) is 0.499. The number of carboxylic acid groups (broad SMARTS) is 1. The molecule has 0 fully saturated rings. The van der Waals surface area contributed by atoms with Gasteiger partial charge in [-0.1, -0.05) is 26.2 Å². The van der Waals surface area contributed by atoms with Crippen molar-refractivity contribution >= 4 is 11.9 Å². The summed E-state index contributed by atoms with van der Waals surface area (Å²) in [5, 5.41) is 8.61. The van der Waals surface area contributed by atoms with Crippen molar-refractivity contribution in [3.05, 3.63) is 0 Å². The van der Waals surface area contributed by atoms with Gasteiger partial charge in [0.25, 0.3) is 0 Å². The molecule has 0 rings (SSSR count). The lowest BCUT2D eigenvalue weighted by atomic mass is 10.1. The van der Waals surface area contributed by atoms with E-state index in [1.807, 2.05) is 0 Å². The van der Waals surface area contributed by atoms with Gasteiger partial charge in [0, 0.05) is 6.92 Å². The number of carbonyl (C=O) groups excluding carboxylic acids is 1. The Kier molecular flexibility index (Phi) is 7.68. The molecule has 0 aliphatic rings. The second-order valence-corrected chi connectivity index (χ2v) is 3.68. The number of aliphatic carboxylic acids is 1. The molecule has 0 bridgehead atoms. The number of rotatable bonds is 8. The van der Waals surface area contributed by atoms with Crippen LogP contribution in [0.3, 0.4) is 0 Å². The zero-order chi connectivity index (χ0) is 11.7. The van der Waals surface area contributed by atoms with Crippen molar-refractivity contribution in [3.63, 3.8) is 0 Å². The number of carboxylic acids is 1. The minimum Gasteiger partial charge on any atom is -0.481 e. The van der Waals surface area contributed by atoms with Gasteiger partial charge in [0.05, 0.1) is 6.42 Å². The van der Waals surface area contributed by atoms with Crippen LogP contribution < -0.4 is 0 Å². The van der Waals surface area contributed by atoms with Crippen LogP contribution >= 0.6 is 0 Å². The molecule has 0 aliphatic carbocycles. The van der Waals surface area contributed by atoms with Crippen molar-refractivity contribution in [1.82, 2.24) is 0 Å². The second kappa shape index (κ2) is 8.26. The molecule has 4 heteroatoms. The molecule has 0 aliphatic heterocycles. The first-order valence-corrected chi connectivity index (χ1v) is 5.45. The third-order valence-corrected chi connectivity index (χ3v) is 2.11. The van der Waals surface area contributed by atoms with E-state index in [2.05, 4.69) is 6.92 Å². The molecule has 88 valence electrons. The van der Waals surface area contributed by atoms with Crippen molar-refractivity contribution in [2.75, 3.05) is 0 Å². The van der Waals surface area contributed by atoms with Gasteiger partial charge in [0.2, 0.25) is 0 Å². The minimum absolute atomic E-state index is 0.0916. The molecule has 0 saturated carbocycles. The first kappa shape index (κ1) is 13.9. The summed E-state index contributed by atoms with van der Waals surface area (Å²) in [7, 11) is 0. The summed E-state index contributed by atoms with van der Waals surface area (Å²) in [6.45, 7) is 3.42. The zero-order valence-electron chi connectivity index (χ0n) is 9.49. The molecule has 1 N–H and O–H groups in total. The van der Waals surface area contributed by atoms with Crippen LogP contribution in [0, 0.1) is 0 Å². The van der Waals surface area contributed by atoms with Crippen LogP contribution in [0.25, 0.3) is 0 Å². The SMILES string of the molecule is CCCCCCC(CC(=O)O)OC(C)=O. The first-order valence-electron chi connectivity index (χ1n) is 5.45. The van der Waals surface area contributed by atoms with Gasteiger partial charge in [-0.05, 0) is 12.8 Å². The Labute approximate surface area is 90.6 Å². The van der Waals surface area contributed by atoms with E-state index in [-0.39, 0.29) is 6.42 Å². The van der Waals surface area contributed by atoms with E-state index >= 15 is 0 Å². The van der Waals surface area contributed by atoms with E-state index in [4.69, 9.17) is 9.84 Å². The molecular weight excluding hydrogens is 196 g/mol. The van der Waals surface area contributed by atoms with Gasteiger partial charge in [-0.25, -0.2) is 0 Å². The van der Waals surface area contributed by atoms with Gasteiger partial charge < -0.3 is 9.84 Å². The summed E-state index contributed by atoms with van der Waals surface area (Å²) in [6.07, 6.45) is 4.35. The summed E-state index contributed by atoms with van der Waals surface area (Å²) in [4.78, 5) is 21.2. The molecule has 0 radical (unpaired) electrons. The normalized spacial score (nSPS) is 12.1. The van der Waals surface area contributed by atoms with Crippen LogP contribution in [0.1, 0.15) is 52.4 Å². The van der Waals surface area contributed by atoms with Crippen molar-refractivity contribution < 1.29 is 19.4 Å².